The first-order valence-electron chi connectivity index (χ1n) is 10.5. The second-order valence-corrected chi connectivity index (χ2v) is 8.68. The lowest BCUT2D eigenvalue weighted by Gasteiger charge is -2.24. The summed E-state index contributed by atoms with van der Waals surface area (Å²) in [7, 11) is 1.52. The summed E-state index contributed by atoms with van der Waals surface area (Å²) in [6.07, 6.45) is -1.33. The average Bonchev–Trinajstić information content (AvgIpc) is 3.53. The zero-order valence-corrected chi connectivity index (χ0v) is 19.3. The minimum atomic E-state index is -5.26. The molecule has 3 aromatic rings. The smallest absolute Gasteiger partial charge is 0.491 e. The molecule has 1 aliphatic carbocycles. The van der Waals surface area contributed by atoms with E-state index in [-0.39, 0.29) is 5.56 Å². The fourth-order valence-electron chi connectivity index (χ4n) is 3.07. The fourth-order valence-corrected chi connectivity index (χ4v) is 3.65. The van der Waals surface area contributed by atoms with Crippen LogP contribution >= 0.6 is 11.3 Å². The first kappa shape index (κ1) is 24.5. The number of hydrogen-bond acceptors (Lipinski definition) is 9. The molecule has 0 N–H and O–H groups in total. The number of aromatic nitrogens is 2. The van der Waals surface area contributed by atoms with Gasteiger partial charge in [0, 0.05) is 16.8 Å². The molecular formula is C23H20F3N3O5S. The van der Waals surface area contributed by atoms with E-state index >= 15 is 0 Å². The molecular weight excluding hydrogens is 487 g/mol. The minimum absolute atomic E-state index is 0.208. The largest absolute Gasteiger partial charge is 0.491 e. The number of ether oxygens (including phenoxy) is 3. The molecule has 184 valence electrons. The third-order valence-electron chi connectivity index (χ3n) is 5.09. The first-order chi connectivity index (χ1) is 16.7. The van der Waals surface area contributed by atoms with Crippen molar-refractivity contribution in [3.05, 3.63) is 58.5 Å². The van der Waals surface area contributed by atoms with Gasteiger partial charge in [-0.3, -0.25) is 4.98 Å². The van der Waals surface area contributed by atoms with Crippen molar-refractivity contribution >= 4 is 34.8 Å². The number of hydrogen-bond donors (Lipinski definition) is 0. The number of methoxy groups -OCH3 is 1. The summed E-state index contributed by atoms with van der Waals surface area (Å²) in [5.41, 5.74) is 2.07. The standard InChI is InChI=1S/C23H20F3N3O5S/c1-32-18-8-9-19(28-20(18)33-12-14-2-3-14)29(11-17-10-27-13-35-17)16-6-4-15(5-7-16)21(30)34-22(31)23(24,25)26/h4-10,13-14H,2-3,11-12H2,1H3. The maximum absolute atomic E-state index is 12.4. The molecule has 1 aromatic carbocycles. The summed E-state index contributed by atoms with van der Waals surface area (Å²) in [4.78, 5) is 34.4. The van der Waals surface area contributed by atoms with Crippen molar-refractivity contribution in [2.45, 2.75) is 25.6 Å². The van der Waals surface area contributed by atoms with Gasteiger partial charge in [-0.05, 0) is 55.2 Å². The second-order valence-electron chi connectivity index (χ2n) is 7.71. The van der Waals surface area contributed by atoms with Crippen molar-refractivity contribution in [3.63, 3.8) is 0 Å². The van der Waals surface area contributed by atoms with Crippen LogP contribution < -0.4 is 14.4 Å². The van der Waals surface area contributed by atoms with Crippen molar-refractivity contribution in [2.24, 2.45) is 5.92 Å². The molecule has 0 saturated heterocycles. The van der Waals surface area contributed by atoms with Crippen molar-refractivity contribution in [1.29, 1.82) is 0 Å². The summed E-state index contributed by atoms with van der Waals surface area (Å²) in [5.74, 6) is -2.11. The topological polar surface area (TPSA) is 90.8 Å². The number of anilines is 2. The summed E-state index contributed by atoms with van der Waals surface area (Å²) in [6.45, 7) is 0.914. The predicted molar refractivity (Wildman–Crippen MR) is 120 cm³/mol. The van der Waals surface area contributed by atoms with E-state index in [1.54, 1.807) is 23.8 Å². The molecule has 12 heteroatoms. The Hall–Kier alpha value is -3.67. The molecule has 35 heavy (non-hydrogen) atoms. The summed E-state index contributed by atoms with van der Waals surface area (Å²) < 4.78 is 52.3. The summed E-state index contributed by atoms with van der Waals surface area (Å²) >= 11 is 1.44. The van der Waals surface area contributed by atoms with Gasteiger partial charge in [-0.1, -0.05) is 0 Å². The van der Waals surface area contributed by atoms with Crippen LogP contribution in [-0.4, -0.2) is 41.8 Å². The Morgan fingerprint density at radius 1 is 1.14 bits per heavy atom. The lowest BCUT2D eigenvalue weighted by molar-refractivity contribution is -0.193. The van der Waals surface area contributed by atoms with Gasteiger partial charge in [-0.15, -0.1) is 11.3 Å². The van der Waals surface area contributed by atoms with Crippen LogP contribution in [0.2, 0.25) is 0 Å². The van der Waals surface area contributed by atoms with E-state index in [9.17, 15) is 22.8 Å². The van der Waals surface area contributed by atoms with Crippen LogP contribution in [0, 0.1) is 5.92 Å². The SMILES string of the molecule is COc1ccc(N(Cc2cncs2)c2ccc(C(=O)OC(=O)C(F)(F)F)cc2)nc1OCC1CC1. The number of alkyl halides is 3. The quantitative estimate of drug-likeness (QED) is 0.298. The van der Waals surface area contributed by atoms with Crippen molar-refractivity contribution < 1.29 is 37.0 Å². The molecule has 0 aliphatic heterocycles. The highest BCUT2D eigenvalue weighted by molar-refractivity contribution is 7.09. The van der Waals surface area contributed by atoms with E-state index < -0.39 is 18.1 Å². The number of esters is 2. The van der Waals surface area contributed by atoms with E-state index in [0.717, 1.165) is 17.7 Å². The zero-order valence-electron chi connectivity index (χ0n) is 18.4. The molecule has 0 amide bonds. The molecule has 0 atom stereocenters. The molecule has 0 radical (unpaired) electrons. The molecule has 2 aromatic heterocycles. The van der Waals surface area contributed by atoms with Crippen LogP contribution in [-0.2, 0) is 16.1 Å². The van der Waals surface area contributed by atoms with E-state index in [1.807, 2.05) is 4.90 Å². The molecule has 2 heterocycles. The van der Waals surface area contributed by atoms with Crippen molar-refractivity contribution in [3.8, 4) is 11.6 Å². The fraction of sp³-hybridized carbons (Fsp3) is 0.304. The lowest BCUT2D eigenvalue weighted by Crippen LogP contribution is -2.28. The first-order valence-corrected chi connectivity index (χ1v) is 11.4. The average molecular weight is 507 g/mol. The number of rotatable bonds is 9. The molecule has 0 spiro atoms. The van der Waals surface area contributed by atoms with E-state index in [0.29, 0.717) is 42.2 Å². The zero-order chi connectivity index (χ0) is 25.0. The van der Waals surface area contributed by atoms with Crippen molar-refractivity contribution in [1.82, 2.24) is 9.97 Å². The normalized spacial score (nSPS) is 13.3. The van der Waals surface area contributed by atoms with Crippen LogP contribution in [0.15, 0.2) is 48.1 Å². The van der Waals surface area contributed by atoms with Gasteiger partial charge in [-0.25, -0.2) is 9.59 Å². The van der Waals surface area contributed by atoms with Crippen LogP contribution in [0.4, 0.5) is 24.7 Å². The van der Waals surface area contributed by atoms with Gasteiger partial charge in [0.1, 0.15) is 5.82 Å². The van der Waals surface area contributed by atoms with Crippen LogP contribution in [0.5, 0.6) is 11.6 Å². The Morgan fingerprint density at radius 2 is 1.89 bits per heavy atom. The number of pyridine rings is 1. The number of carbonyl (C=O) groups is 2. The molecule has 1 fully saturated rings. The highest BCUT2D eigenvalue weighted by Gasteiger charge is 2.42. The highest BCUT2D eigenvalue weighted by Crippen LogP contribution is 2.35. The highest BCUT2D eigenvalue weighted by atomic mass is 32.1. The Kier molecular flexibility index (Phi) is 7.20. The monoisotopic (exact) mass is 507 g/mol. The van der Waals surface area contributed by atoms with Crippen LogP contribution in [0.3, 0.4) is 0 Å². The lowest BCUT2D eigenvalue weighted by atomic mass is 10.2. The van der Waals surface area contributed by atoms with E-state index in [1.165, 1.54) is 42.7 Å². The predicted octanol–water partition coefficient (Wildman–Crippen LogP) is 4.92. The molecule has 0 bridgehead atoms. The number of carbonyl (C=O) groups excluding carboxylic acids is 2. The Labute approximate surface area is 202 Å². The number of nitrogens with zero attached hydrogens (tertiary/aromatic N) is 3. The molecule has 8 nitrogen and oxygen atoms in total. The summed E-state index contributed by atoms with van der Waals surface area (Å²) in [5, 5.41) is 0. The van der Waals surface area contributed by atoms with Gasteiger partial charge < -0.3 is 19.1 Å². The Balaban J connectivity index is 1.60. The molecule has 4 rings (SSSR count). The molecule has 0 unspecified atom stereocenters. The Bertz CT molecular complexity index is 1180. The number of thiazole rings is 1. The minimum Gasteiger partial charge on any atom is -0.491 e. The van der Waals surface area contributed by atoms with Crippen molar-refractivity contribution in [2.75, 3.05) is 18.6 Å². The molecule has 1 aliphatic rings. The van der Waals surface area contributed by atoms with Gasteiger partial charge in [0.15, 0.2) is 5.75 Å². The van der Waals surface area contributed by atoms with Gasteiger partial charge >= 0.3 is 18.1 Å². The van der Waals surface area contributed by atoms with Gasteiger partial charge in [0.05, 0.1) is 31.3 Å². The van der Waals surface area contributed by atoms with Crippen LogP contribution in [0.25, 0.3) is 0 Å². The number of halogens is 3. The molecule has 1 saturated carbocycles. The number of benzene rings is 1. The maximum Gasteiger partial charge on any atom is 0.491 e. The van der Waals surface area contributed by atoms with E-state index in [2.05, 4.69) is 14.7 Å². The maximum atomic E-state index is 12.4. The third-order valence-corrected chi connectivity index (χ3v) is 5.85. The third kappa shape index (κ3) is 6.27. The van der Waals surface area contributed by atoms with Crippen LogP contribution in [0.1, 0.15) is 28.1 Å². The Morgan fingerprint density at radius 3 is 2.49 bits per heavy atom. The van der Waals surface area contributed by atoms with Gasteiger partial charge in [0.2, 0.25) is 0 Å². The second kappa shape index (κ2) is 10.3. The van der Waals surface area contributed by atoms with Gasteiger partial charge in [-0.2, -0.15) is 18.2 Å². The van der Waals surface area contributed by atoms with E-state index in [4.69, 9.17) is 9.47 Å². The van der Waals surface area contributed by atoms with Gasteiger partial charge in [0.25, 0.3) is 5.88 Å². The summed E-state index contributed by atoms with van der Waals surface area (Å²) in [6, 6.07) is 9.06.